The number of benzene rings is 1. The standard InChI is InChI=1S/C15H22N2O3/c1-4-12(8-9-18)16-14(19)15(20)17-13-7-5-6-10(2)11(13)3/h5-7,12,18H,4,8-9H2,1-3H3,(H,16,19)(H,17,20). The van der Waals surface area contributed by atoms with Crippen molar-refractivity contribution in [2.24, 2.45) is 0 Å². The maximum absolute atomic E-state index is 11.8. The molecule has 0 bridgehead atoms. The van der Waals surface area contributed by atoms with Crippen LogP contribution in [0.5, 0.6) is 0 Å². The van der Waals surface area contributed by atoms with Crippen molar-refractivity contribution in [1.29, 1.82) is 0 Å². The maximum atomic E-state index is 11.8. The third-order valence-electron chi connectivity index (χ3n) is 3.36. The SMILES string of the molecule is CCC(CCO)NC(=O)C(=O)Nc1cccc(C)c1C. The zero-order chi connectivity index (χ0) is 15.1. The average Bonchev–Trinajstić information content (AvgIpc) is 2.43. The summed E-state index contributed by atoms with van der Waals surface area (Å²) in [6.45, 7) is 5.71. The molecule has 0 saturated carbocycles. The second-order valence-corrected chi connectivity index (χ2v) is 4.79. The molecule has 3 N–H and O–H groups in total. The molecule has 0 aliphatic rings. The van der Waals surface area contributed by atoms with Crippen molar-refractivity contribution in [3.05, 3.63) is 29.3 Å². The average molecular weight is 278 g/mol. The number of carbonyl (C=O) groups excluding carboxylic acids is 2. The number of nitrogens with one attached hydrogen (secondary N) is 2. The molecule has 0 spiro atoms. The van der Waals surface area contributed by atoms with Gasteiger partial charge in [-0.25, -0.2) is 0 Å². The summed E-state index contributed by atoms with van der Waals surface area (Å²) < 4.78 is 0. The number of hydrogen-bond donors (Lipinski definition) is 3. The van der Waals surface area contributed by atoms with Crippen molar-refractivity contribution >= 4 is 17.5 Å². The number of amides is 2. The highest BCUT2D eigenvalue weighted by molar-refractivity contribution is 6.39. The van der Waals surface area contributed by atoms with Crippen molar-refractivity contribution in [3.63, 3.8) is 0 Å². The molecule has 20 heavy (non-hydrogen) atoms. The van der Waals surface area contributed by atoms with Gasteiger partial charge in [-0.3, -0.25) is 9.59 Å². The fraction of sp³-hybridized carbons (Fsp3) is 0.467. The molecule has 1 rings (SSSR count). The molecule has 2 amide bonds. The minimum Gasteiger partial charge on any atom is -0.396 e. The number of aryl methyl sites for hydroxylation is 1. The number of aliphatic hydroxyl groups excluding tert-OH is 1. The quantitative estimate of drug-likeness (QED) is 0.715. The van der Waals surface area contributed by atoms with Gasteiger partial charge in [-0.15, -0.1) is 0 Å². The van der Waals surface area contributed by atoms with Gasteiger partial charge in [-0.05, 0) is 43.9 Å². The van der Waals surface area contributed by atoms with Gasteiger partial charge in [0.15, 0.2) is 0 Å². The van der Waals surface area contributed by atoms with Crippen molar-refractivity contribution in [1.82, 2.24) is 5.32 Å². The second kappa shape index (κ2) is 7.65. The van der Waals surface area contributed by atoms with E-state index in [-0.39, 0.29) is 12.6 Å². The van der Waals surface area contributed by atoms with E-state index < -0.39 is 11.8 Å². The van der Waals surface area contributed by atoms with Crippen LogP contribution >= 0.6 is 0 Å². The molecule has 5 heteroatoms. The molecule has 1 atom stereocenters. The Morgan fingerprint density at radius 2 is 1.95 bits per heavy atom. The summed E-state index contributed by atoms with van der Waals surface area (Å²) in [5.74, 6) is -1.36. The van der Waals surface area contributed by atoms with Crippen LogP contribution in [-0.2, 0) is 9.59 Å². The summed E-state index contributed by atoms with van der Waals surface area (Å²) in [5.41, 5.74) is 2.63. The number of hydrogen-bond acceptors (Lipinski definition) is 3. The third kappa shape index (κ3) is 4.35. The summed E-state index contributed by atoms with van der Waals surface area (Å²) >= 11 is 0. The van der Waals surface area contributed by atoms with Gasteiger partial charge in [0, 0.05) is 18.3 Å². The van der Waals surface area contributed by atoms with Crippen LogP contribution in [0.2, 0.25) is 0 Å². The first-order valence-corrected chi connectivity index (χ1v) is 6.78. The van der Waals surface area contributed by atoms with E-state index in [0.29, 0.717) is 18.5 Å². The predicted octanol–water partition coefficient (Wildman–Crippen LogP) is 1.52. The molecule has 1 unspecified atom stereocenters. The Kier molecular flexibility index (Phi) is 6.18. The van der Waals surface area contributed by atoms with Crippen LogP contribution in [0.3, 0.4) is 0 Å². The molecule has 0 aliphatic carbocycles. The van der Waals surface area contributed by atoms with Crippen molar-refractivity contribution in [2.75, 3.05) is 11.9 Å². The highest BCUT2D eigenvalue weighted by atomic mass is 16.3. The summed E-state index contributed by atoms with van der Waals surface area (Å²) in [5, 5.41) is 14.1. The van der Waals surface area contributed by atoms with Crippen molar-refractivity contribution in [3.8, 4) is 0 Å². The molecule has 0 radical (unpaired) electrons. The van der Waals surface area contributed by atoms with Gasteiger partial charge < -0.3 is 15.7 Å². The van der Waals surface area contributed by atoms with Gasteiger partial charge in [-0.2, -0.15) is 0 Å². The van der Waals surface area contributed by atoms with Crippen LogP contribution in [0.4, 0.5) is 5.69 Å². The van der Waals surface area contributed by atoms with E-state index in [2.05, 4.69) is 10.6 Å². The van der Waals surface area contributed by atoms with Crippen LogP contribution in [0, 0.1) is 13.8 Å². The van der Waals surface area contributed by atoms with Crippen molar-refractivity contribution in [2.45, 2.75) is 39.7 Å². The Hall–Kier alpha value is -1.88. The minimum atomic E-state index is -0.685. The van der Waals surface area contributed by atoms with Crippen LogP contribution in [0.15, 0.2) is 18.2 Å². The first-order chi connectivity index (χ1) is 9.49. The van der Waals surface area contributed by atoms with Gasteiger partial charge in [0.2, 0.25) is 0 Å². The lowest BCUT2D eigenvalue weighted by Gasteiger charge is -2.16. The number of carbonyl (C=O) groups is 2. The molecule has 0 aromatic heterocycles. The van der Waals surface area contributed by atoms with Gasteiger partial charge in [-0.1, -0.05) is 19.1 Å². The molecule has 0 aliphatic heterocycles. The number of aliphatic hydroxyl groups is 1. The van der Waals surface area contributed by atoms with Gasteiger partial charge >= 0.3 is 11.8 Å². The largest absolute Gasteiger partial charge is 0.396 e. The molecule has 1 aromatic rings. The Morgan fingerprint density at radius 3 is 2.55 bits per heavy atom. The number of rotatable bonds is 5. The Balaban J connectivity index is 2.66. The normalized spacial score (nSPS) is 11.8. The highest BCUT2D eigenvalue weighted by Gasteiger charge is 2.18. The van der Waals surface area contributed by atoms with Gasteiger partial charge in [0.25, 0.3) is 0 Å². The van der Waals surface area contributed by atoms with Crippen LogP contribution < -0.4 is 10.6 Å². The van der Waals surface area contributed by atoms with E-state index in [1.54, 1.807) is 6.07 Å². The van der Waals surface area contributed by atoms with Crippen LogP contribution in [0.1, 0.15) is 30.9 Å². The predicted molar refractivity (Wildman–Crippen MR) is 78.5 cm³/mol. The fourth-order valence-electron chi connectivity index (χ4n) is 1.85. The van der Waals surface area contributed by atoms with Gasteiger partial charge in [0.05, 0.1) is 0 Å². The fourth-order valence-corrected chi connectivity index (χ4v) is 1.85. The first-order valence-electron chi connectivity index (χ1n) is 6.78. The Bertz CT molecular complexity index is 486. The number of anilines is 1. The maximum Gasteiger partial charge on any atom is 0.313 e. The Labute approximate surface area is 119 Å². The van der Waals surface area contributed by atoms with E-state index in [1.165, 1.54) is 0 Å². The van der Waals surface area contributed by atoms with E-state index in [4.69, 9.17) is 5.11 Å². The monoisotopic (exact) mass is 278 g/mol. The Morgan fingerprint density at radius 1 is 1.25 bits per heavy atom. The lowest BCUT2D eigenvalue weighted by atomic mass is 10.1. The summed E-state index contributed by atoms with van der Waals surface area (Å²) in [4.78, 5) is 23.6. The molecule has 5 nitrogen and oxygen atoms in total. The van der Waals surface area contributed by atoms with Crippen LogP contribution in [0.25, 0.3) is 0 Å². The molecule has 110 valence electrons. The summed E-state index contributed by atoms with van der Waals surface area (Å²) in [7, 11) is 0. The van der Waals surface area contributed by atoms with E-state index >= 15 is 0 Å². The zero-order valence-corrected chi connectivity index (χ0v) is 12.2. The minimum absolute atomic E-state index is 0.0165. The highest BCUT2D eigenvalue weighted by Crippen LogP contribution is 2.17. The second-order valence-electron chi connectivity index (χ2n) is 4.79. The third-order valence-corrected chi connectivity index (χ3v) is 3.36. The topological polar surface area (TPSA) is 78.4 Å². The first kappa shape index (κ1) is 16.2. The molecular weight excluding hydrogens is 256 g/mol. The van der Waals surface area contributed by atoms with Gasteiger partial charge in [0.1, 0.15) is 0 Å². The van der Waals surface area contributed by atoms with E-state index in [9.17, 15) is 9.59 Å². The van der Waals surface area contributed by atoms with E-state index in [0.717, 1.165) is 11.1 Å². The summed E-state index contributed by atoms with van der Waals surface area (Å²) in [6.07, 6.45) is 1.11. The zero-order valence-electron chi connectivity index (χ0n) is 12.2. The van der Waals surface area contributed by atoms with Crippen LogP contribution in [-0.4, -0.2) is 29.6 Å². The molecular formula is C15H22N2O3. The lowest BCUT2D eigenvalue weighted by Crippen LogP contribution is -2.42. The smallest absolute Gasteiger partial charge is 0.313 e. The molecule has 0 heterocycles. The molecule has 0 saturated heterocycles. The van der Waals surface area contributed by atoms with E-state index in [1.807, 2.05) is 32.9 Å². The lowest BCUT2D eigenvalue weighted by molar-refractivity contribution is -0.136. The molecule has 1 aromatic carbocycles. The summed E-state index contributed by atoms with van der Waals surface area (Å²) in [6, 6.07) is 5.35. The molecule has 0 fully saturated rings. The van der Waals surface area contributed by atoms with Crippen molar-refractivity contribution < 1.29 is 14.7 Å².